The Kier molecular flexibility index (Phi) is 5.41. The Balaban J connectivity index is 1.48. The Bertz CT molecular complexity index is 1290. The molecule has 3 N–H and O–H groups in total. The van der Waals surface area contributed by atoms with Crippen LogP contribution in [0.2, 0.25) is 0 Å². The van der Waals surface area contributed by atoms with E-state index in [1.54, 1.807) is 18.6 Å². The number of hydrogen-bond donors (Lipinski definition) is 2. The molecule has 1 fully saturated rings. The van der Waals surface area contributed by atoms with E-state index >= 15 is 0 Å². The summed E-state index contributed by atoms with van der Waals surface area (Å²) in [5, 5.41) is 3.50. The van der Waals surface area contributed by atoms with Crippen molar-refractivity contribution >= 4 is 22.9 Å². The SMILES string of the molecule is CCn1c(-c2cnc(C)nc2)nc2c(N[C@@H]3CC(c4ccccn4)[C@@H](C(N)=O)C3)ncnc21. The maximum Gasteiger partial charge on any atom is 0.221 e. The topological polar surface area (TPSA) is 137 Å². The number of aryl methyl sites for hydroxylation is 2. The molecule has 0 spiro atoms. The van der Waals surface area contributed by atoms with Gasteiger partial charge in [0, 0.05) is 48.7 Å². The first-order chi connectivity index (χ1) is 16.0. The summed E-state index contributed by atoms with van der Waals surface area (Å²) in [6, 6.07) is 5.75. The lowest BCUT2D eigenvalue weighted by Crippen LogP contribution is -2.26. The highest BCUT2D eigenvalue weighted by Gasteiger charge is 2.39. The molecule has 4 aromatic rings. The van der Waals surface area contributed by atoms with Gasteiger partial charge >= 0.3 is 0 Å². The highest BCUT2D eigenvalue weighted by Crippen LogP contribution is 2.40. The molecular weight excluding hydrogens is 418 g/mol. The van der Waals surface area contributed by atoms with Crippen molar-refractivity contribution in [3.8, 4) is 11.4 Å². The number of pyridine rings is 1. The molecular formula is C23H25N9O. The molecule has 4 aromatic heterocycles. The van der Waals surface area contributed by atoms with Crippen molar-refractivity contribution in [3.05, 3.63) is 54.6 Å². The first kappa shape index (κ1) is 20.9. The number of amides is 1. The number of carbonyl (C=O) groups is 1. The summed E-state index contributed by atoms with van der Waals surface area (Å²) in [4.78, 5) is 39.0. The van der Waals surface area contributed by atoms with Gasteiger partial charge in [0.2, 0.25) is 5.91 Å². The molecule has 1 unspecified atom stereocenters. The van der Waals surface area contributed by atoms with Gasteiger partial charge in [-0.25, -0.2) is 24.9 Å². The van der Waals surface area contributed by atoms with Crippen LogP contribution in [0, 0.1) is 12.8 Å². The van der Waals surface area contributed by atoms with Gasteiger partial charge in [-0.05, 0) is 38.8 Å². The van der Waals surface area contributed by atoms with Crippen molar-refractivity contribution in [2.24, 2.45) is 11.7 Å². The Morgan fingerprint density at radius 3 is 2.67 bits per heavy atom. The van der Waals surface area contributed by atoms with Gasteiger partial charge in [-0.15, -0.1) is 0 Å². The molecule has 0 bridgehead atoms. The number of nitrogens with two attached hydrogens (primary N) is 1. The van der Waals surface area contributed by atoms with Gasteiger partial charge in [0.1, 0.15) is 18.0 Å². The third-order valence-electron chi connectivity index (χ3n) is 6.22. The molecule has 0 saturated heterocycles. The lowest BCUT2D eigenvalue weighted by molar-refractivity contribution is -0.122. The van der Waals surface area contributed by atoms with E-state index in [4.69, 9.17) is 10.7 Å². The Morgan fingerprint density at radius 2 is 1.97 bits per heavy atom. The second-order valence-corrected chi connectivity index (χ2v) is 8.28. The summed E-state index contributed by atoms with van der Waals surface area (Å²) in [6.07, 6.45) is 8.14. The van der Waals surface area contributed by atoms with Gasteiger partial charge in [0.05, 0.1) is 5.56 Å². The van der Waals surface area contributed by atoms with Gasteiger partial charge in [-0.2, -0.15) is 0 Å². The summed E-state index contributed by atoms with van der Waals surface area (Å²) in [7, 11) is 0. The number of carbonyl (C=O) groups excluding carboxylic acids is 1. The zero-order valence-electron chi connectivity index (χ0n) is 18.5. The van der Waals surface area contributed by atoms with Gasteiger partial charge in [0.25, 0.3) is 0 Å². The molecule has 5 rings (SSSR count). The van der Waals surface area contributed by atoms with Gasteiger partial charge < -0.3 is 15.6 Å². The van der Waals surface area contributed by atoms with Crippen LogP contribution in [0.4, 0.5) is 5.82 Å². The number of primary amides is 1. The van der Waals surface area contributed by atoms with Crippen molar-refractivity contribution < 1.29 is 4.79 Å². The Morgan fingerprint density at radius 1 is 1.15 bits per heavy atom. The zero-order chi connectivity index (χ0) is 22.9. The van der Waals surface area contributed by atoms with E-state index in [1.165, 1.54) is 6.33 Å². The van der Waals surface area contributed by atoms with Crippen molar-refractivity contribution in [2.45, 2.75) is 45.2 Å². The van der Waals surface area contributed by atoms with Gasteiger partial charge in [-0.3, -0.25) is 9.78 Å². The van der Waals surface area contributed by atoms with Gasteiger partial charge in [-0.1, -0.05) is 6.07 Å². The van der Waals surface area contributed by atoms with Crippen molar-refractivity contribution in [1.82, 2.24) is 34.5 Å². The predicted octanol–water partition coefficient (Wildman–Crippen LogP) is 2.47. The molecule has 0 aromatic carbocycles. The number of nitrogens with zero attached hydrogens (tertiary/aromatic N) is 7. The molecule has 1 amide bonds. The quantitative estimate of drug-likeness (QED) is 0.463. The smallest absolute Gasteiger partial charge is 0.221 e. The fourth-order valence-electron chi connectivity index (χ4n) is 4.66. The normalized spacial score (nSPS) is 20.2. The monoisotopic (exact) mass is 443 g/mol. The molecule has 1 saturated carbocycles. The van der Waals surface area contributed by atoms with Crippen LogP contribution in [0.15, 0.2) is 43.1 Å². The molecule has 0 radical (unpaired) electrons. The lowest BCUT2D eigenvalue weighted by atomic mass is 9.92. The first-order valence-corrected chi connectivity index (χ1v) is 11.0. The number of nitrogens with one attached hydrogen (secondary N) is 1. The van der Waals surface area contributed by atoms with Gasteiger partial charge in [0.15, 0.2) is 17.0 Å². The highest BCUT2D eigenvalue weighted by molar-refractivity contribution is 5.86. The molecule has 33 heavy (non-hydrogen) atoms. The minimum atomic E-state index is -0.306. The van der Waals surface area contributed by atoms with Crippen LogP contribution in [-0.4, -0.2) is 46.4 Å². The maximum absolute atomic E-state index is 12.2. The summed E-state index contributed by atoms with van der Waals surface area (Å²) in [5.41, 5.74) is 8.85. The van der Waals surface area contributed by atoms with E-state index < -0.39 is 0 Å². The van der Waals surface area contributed by atoms with E-state index in [9.17, 15) is 4.79 Å². The molecule has 4 heterocycles. The first-order valence-electron chi connectivity index (χ1n) is 11.0. The minimum Gasteiger partial charge on any atom is -0.369 e. The van der Waals surface area contributed by atoms with E-state index in [1.807, 2.05) is 36.6 Å². The molecule has 3 atom stereocenters. The lowest BCUT2D eigenvalue weighted by Gasteiger charge is -2.15. The number of anilines is 1. The third kappa shape index (κ3) is 3.88. The molecule has 1 aliphatic rings. The Labute approximate surface area is 190 Å². The highest BCUT2D eigenvalue weighted by atomic mass is 16.1. The average molecular weight is 444 g/mol. The molecule has 1 aliphatic carbocycles. The van der Waals surface area contributed by atoms with Crippen molar-refractivity contribution in [2.75, 3.05) is 5.32 Å². The van der Waals surface area contributed by atoms with Crippen molar-refractivity contribution in [3.63, 3.8) is 0 Å². The predicted molar refractivity (Wildman–Crippen MR) is 123 cm³/mol. The number of fused-ring (bicyclic) bond motifs is 1. The van der Waals surface area contributed by atoms with Crippen LogP contribution in [0.25, 0.3) is 22.6 Å². The maximum atomic E-state index is 12.2. The number of rotatable bonds is 6. The summed E-state index contributed by atoms with van der Waals surface area (Å²) >= 11 is 0. The third-order valence-corrected chi connectivity index (χ3v) is 6.22. The number of hydrogen-bond acceptors (Lipinski definition) is 8. The fourth-order valence-corrected chi connectivity index (χ4v) is 4.66. The molecule has 168 valence electrons. The van der Waals surface area contributed by atoms with Crippen LogP contribution in [-0.2, 0) is 11.3 Å². The van der Waals surface area contributed by atoms with Crippen LogP contribution in [0.3, 0.4) is 0 Å². The van der Waals surface area contributed by atoms with E-state index in [0.29, 0.717) is 30.1 Å². The van der Waals surface area contributed by atoms with E-state index in [-0.39, 0.29) is 23.8 Å². The average Bonchev–Trinajstić information content (AvgIpc) is 3.42. The zero-order valence-corrected chi connectivity index (χ0v) is 18.5. The van der Waals surface area contributed by atoms with Crippen LogP contribution in [0.1, 0.15) is 37.2 Å². The largest absolute Gasteiger partial charge is 0.369 e. The van der Waals surface area contributed by atoms with Crippen LogP contribution >= 0.6 is 0 Å². The van der Waals surface area contributed by atoms with Crippen LogP contribution in [0.5, 0.6) is 0 Å². The standard InChI is InChI=1S/C23H25N9O/c1-3-32-22(14-10-26-13(2)27-11-14)31-19-21(28-12-29-23(19)32)30-15-8-16(17(9-15)20(24)33)18-6-4-5-7-25-18/h4-7,10-12,15-17H,3,8-9H2,1-2H3,(H2,24,33)(H,28,29,30)/t15-,16?,17+/m1/s1. The number of imidazole rings is 1. The summed E-state index contributed by atoms with van der Waals surface area (Å²) in [6.45, 7) is 4.57. The minimum absolute atomic E-state index is 0.00513. The number of aromatic nitrogens is 7. The summed E-state index contributed by atoms with van der Waals surface area (Å²) < 4.78 is 2.02. The molecule has 0 aliphatic heterocycles. The van der Waals surface area contributed by atoms with Crippen LogP contribution < -0.4 is 11.1 Å². The Hall–Kier alpha value is -3.95. The fraction of sp³-hybridized carbons (Fsp3) is 0.348. The second-order valence-electron chi connectivity index (χ2n) is 8.28. The van der Waals surface area contributed by atoms with Crippen molar-refractivity contribution in [1.29, 1.82) is 0 Å². The van der Waals surface area contributed by atoms with E-state index in [2.05, 4.69) is 30.2 Å². The summed E-state index contributed by atoms with van der Waals surface area (Å²) in [5.74, 6) is 1.45. The molecule has 10 nitrogen and oxygen atoms in total. The van der Waals surface area contributed by atoms with E-state index in [0.717, 1.165) is 29.1 Å². The molecule has 10 heteroatoms. The second kappa shape index (κ2) is 8.53.